The third-order valence-corrected chi connectivity index (χ3v) is 7.17. The molecule has 1 aliphatic heterocycles. The normalized spacial score (nSPS) is 17.9. The molecule has 1 fully saturated rings. The fourth-order valence-corrected chi connectivity index (χ4v) is 4.69. The second-order valence-electron chi connectivity index (χ2n) is 7.98. The lowest BCUT2D eigenvalue weighted by atomic mass is 9.78. The van der Waals surface area contributed by atoms with Gasteiger partial charge in [-0.3, -0.25) is 0 Å². The number of benzene rings is 1. The van der Waals surface area contributed by atoms with Gasteiger partial charge in [-0.15, -0.1) is 0 Å². The van der Waals surface area contributed by atoms with Crippen molar-refractivity contribution in [3.05, 3.63) is 46.6 Å². The third-order valence-electron chi connectivity index (χ3n) is 5.31. The number of nitrogens with zero attached hydrogens (tertiary/aromatic N) is 1. The van der Waals surface area contributed by atoms with Crippen LogP contribution in [0.5, 0.6) is 5.88 Å². The molecule has 0 spiro atoms. The minimum Gasteiger partial charge on any atom is -0.480 e. The first kappa shape index (κ1) is 22.9. The molecule has 0 aliphatic carbocycles. The zero-order chi connectivity index (χ0) is 22.5. The number of pyridine rings is 1. The first-order valence-corrected chi connectivity index (χ1v) is 11.1. The summed E-state index contributed by atoms with van der Waals surface area (Å²) >= 11 is 5.85. The zero-order valence-electron chi connectivity index (χ0n) is 17.1. The topological polar surface area (TPSA) is 74.7 Å². The molecule has 0 unspecified atom stereocenters. The van der Waals surface area contributed by atoms with Gasteiger partial charge in [0.2, 0.25) is 5.88 Å². The number of ether oxygens (including phenoxy) is 1. The van der Waals surface area contributed by atoms with Gasteiger partial charge in [-0.25, -0.2) is 22.2 Å². The Labute approximate surface area is 179 Å². The van der Waals surface area contributed by atoms with E-state index >= 15 is 4.39 Å². The molecule has 0 N–H and O–H groups in total. The molecule has 30 heavy (non-hydrogen) atoms. The van der Waals surface area contributed by atoms with Crippen molar-refractivity contribution in [2.24, 2.45) is 0 Å². The average molecular weight is 460 g/mol. The maximum Gasteiger partial charge on any atom is 0.497 e. The molecule has 1 aliphatic rings. The van der Waals surface area contributed by atoms with Gasteiger partial charge in [0.1, 0.15) is 16.5 Å². The van der Waals surface area contributed by atoms with Crippen molar-refractivity contribution in [1.29, 1.82) is 0 Å². The van der Waals surface area contributed by atoms with E-state index in [4.69, 9.17) is 25.6 Å². The second-order valence-corrected chi connectivity index (χ2v) is 10.4. The molecule has 0 atom stereocenters. The Morgan fingerprint density at radius 1 is 1.13 bits per heavy atom. The Morgan fingerprint density at radius 2 is 1.73 bits per heavy atom. The monoisotopic (exact) mass is 459 g/mol. The highest BCUT2D eigenvalue weighted by molar-refractivity contribution is 7.90. The molecule has 6 nitrogen and oxygen atoms in total. The van der Waals surface area contributed by atoms with Crippen LogP contribution in [0.25, 0.3) is 0 Å². The Kier molecular flexibility index (Phi) is 5.92. The molecule has 0 saturated carbocycles. The van der Waals surface area contributed by atoms with E-state index in [-0.39, 0.29) is 26.8 Å². The second kappa shape index (κ2) is 7.74. The molecule has 1 saturated heterocycles. The van der Waals surface area contributed by atoms with E-state index in [1.807, 2.05) is 0 Å². The van der Waals surface area contributed by atoms with Gasteiger partial charge in [-0.1, -0.05) is 11.6 Å². The van der Waals surface area contributed by atoms with Crippen LogP contribution in [0.4, 0.5) is 8.78 Å². The highest BCUT2D eigenvalue weighted by Crippen LogP contribution is 2.37. The summed E-state index contributed by atoms with van der Waals surface area (Å²) in [6.45, 7) is 7.09. The lowest BCUT2D eigenvalue weighted by Gasteiger charge is -2.32. The quantitative estimate of drug-likeness (QED) is 0.639. The Hall–Kier alpha value is -1.75. The lowest BCUT2D eigenvalue weighted by molar-refractivity contribution is 0.00578. The summed E-state index contributed by atoms with van der Waals surface area (Å²) in [7, 11) is -4.11. The number of aromatic nitrogens is 1. The molecular formula is C19H21BClF2NO5S. The largest absolute Gasteiger partial charge is 0.497 e. The van der Waals surface area contributed by atoms with Gasteiger partial charge in [0.25, 0.3) is 0 Å². The van der Waals surface area contributed by atoms with Crippen LogP contribution < -0.4 is 10.2 Å². The van der Waals surface area contributed by atoms with Crippen LogP contribution in [0.1, 0.15) is 33.3 Å². The van der Waals surface area contributed by atoms with Crippen LogP contribution in [-0.2, 0) is 24.9 Å². The van der Waals surface area contributed by atoms with E-state index in [2.05, 4.69) is 4.98 Å². The third kappa shape index (κ3) is 4.19. The fourth-order valence-electron chi connectivity index (χ4n) is 2.98. The van der Waals surface area contributed by atoms with Crippen molar-refractivity contribution in [3.63, 3.8) is 0 Å². The van der Waals surface area contributed by atoms with Crippen molar-refractivity contribution >= 4 is 34.0 Å². The standard InChI is InChI=1S/C19H21BClF2NO5S/c1-18(2)19(3,4)29-20(28-18)14-8-13(22)6-11(16(14)23)10-30(25,26)15-7-12(21)9-24-17(15)27-5/h6-9H,10H2,1-5H3. The summed E-state index contributed by atoms with van der Waals surface area (Å²) in [6.07, 6.45) is 1.22. The maximum atomic E-state index is 15.3. The van der Waals surface area contributed by atoms with Crippen molar-refractivity contribution in [1.82, 2.24) is 4.98 Å². The minimum absolute atomic E-state index is 0.0620. The van der Waals surface area contributed by atoms with E-state index in [0.29, 0.717) is 0 Å². The molecule has 162 valence electrons. The summed E-state index contributed by atoms with van der Waals surface area (Å²) in [5.41, 5.74) is -2.14. The van der Waals surface area contributed by atoms with Crippen molar-refractivity contribution < 1.29 is 31.2 Å². The Balaban J connectivity index is 2.02. The SMILES string of the molecule is COc1ncc(Cl)cc1S(=O)(=O)Cc1cc(F)cc(B2OC(C)(C)C(C)(C)O2)c1F. The van der Waals surface area contributed by atoms with E-state index in [1.165, 1.54) is 13.3 Å². The number of halogens is 3. The molecule has 0 amide bonds. The Morgan fingerprint density at radius 3 is 2.30 bits per heavy atom. The molecule has 1 aromatic heterocycles. The van der Waals surface area contributed by atoms with Crippen LogP contribution >= 0.6 is 11.6 Å². The van der Waals surface area contributed by atoms with Gasteiger partial charge in [0.15, 0.2) is 9.84 Å². The number of rotatable bonds is 5. The molecule has 2 aromatic rings. The van der Waals surface area contributed by atoms with E-state index < -0.39 is 45.5 Å². The lowest BCUT2D eigenvalue weighted by Crippen LogP contribution is -2.41. The zero-order valence-corrected chi connectivity index (χ0v) is 18.7. The van der Waals surface area contributed by atoms with Gasteiger partial charge in [-0.05, 0) is 45.9 Å². The first-order valence-electron chi connectivity index (χ1n) is 9.03. The molecular weight excluding hydrogens is 439 g/mol. The molecule has 2 heterocycles. The summed E-state index contributed by atoms with van der Waals surface area (Å²) < 4.78 is 71.9. The molecule has 0 bridgehead atoms. The first-order chi connectivity index (χ1) is 13.8. The van der Waals surface area contributed by atoms with Crippen molar-refractivity contribution in [2.75, 3.05) is 7.11 Å². The van der Waals surface area contributed by atoms with Crippen LogP contribution in [0.3, 0.4) is 0 Å². The number of sulfone groups is 1. The highest BCUT2D eigenvalue weighted by atomic mass is 35.5. The fraction of sp³-hybridized carbons (Fsp3) is 0.421. The Bertz CT molecular complexity index is 1080. The molecule has 3 rings (SSSR count). The predicted octanol–water partition coefficient (Wildman–Crippen LogP) is 3.29. The van der Waals surface area contributed by atoms with E-state index in [9.17, 15) is 12.8 Å². The van der Waals surface area contributed by atoms with Gasteiger partial charge in [-0.2, -0.15) is 0 Å². The summed E-state index contributed by atoms with van der Waals surface area (Å²) in [5, 5.41) is 0.0620. The van der Waals surface area contributed by atoms with Crippen LogP contribution in [0.2, 0.25) is 5.02 Å². The highest BCUT2D eigenvalue weighted by Gasteiger charge is 2.52. The van der Waals surface area contributed by atoms with Gasteiger partial charge in [0.05, 0.1) is 29.1 Å². The molecule has 11 heteroatoms. The average Bonchev–Trinajstić information content (AvgIpc) is 2.85. The maximum absolute atomic E-state index is 15.3. The molecule has 0 radical (unpaired) electrons. The van der Waals surface area contributed by atoms with Crippen LogP contribution in [0, 0.1) is 11.6 Å². The summed E-state index contributed by atoms with van der Waals surface area (Å²) in [5.74, 6) is -2.76. The number of methoxy groups -OCH3 is 1. The van der Waals surface area contributed by atoms with Gasteiger partial charge >= 0.3 is 7.12 Å². The van der Waals surface area contributed by atoms with Crippen LogP contribution in [0.15, 0.2) is 29.3 Å². The number of hydrogen-bond donors (Lipinski definition) is 0. The smallest absolute Gasteiger partial charge is 0.480 e. The summed E-state index contributed by atoms with van der Waals surface area (Å²) in [6, 6.07) is 2.91. The van der Waals surface area contributed by atoms with Crippen molar-refractivity contribution in [3.8, 4) is 5.88 Å². The van der Waals surface area contributed by atoms with E-state index in [1.54, 1.807) is 27.7 Å². The molecule has 1 aromatic carbocycles. The number of hydrogen-bond acceptors (Lipinski definition) is 6. The van der Waals surface area contributed by atoms with Crippen molar-refractivity contribution in [2.45, 2.75) is 49.5 Å². The van der Waals surface area contributed by atoms with Crippen LogP contribution in [-0.4, -0.2) is 38.8 Å². The minimum atomic E-state index is -4.16. The van der Waals surface area contributed by atoms with Gasteiger partial charge in [0, 0.05) is 17.2 Å². The predicted molar refractivity (Wildman–Crippen MR) is 109 cm³/mol. The summed E-state index contributed by atoms with van der Waals surface area (Å²) in [4.78, 5) is 3.49. The van der Waals surface area contributed by atoms with Gasteiger partial charge < -0.3 is 14.0 Å². The van der Waals surface area contributed by atoms with E-state index in [0.717, 1.165) is 18.2 Å².